The zero-order valence-corrected chi connectivity index (χ0v) is 20.3. The minimum atomic E-state index is -0.538. The van der Waals surface area contributed by atoms with Crippen LogP contribution in [0.3, 0.4) is 0 Å². The number of aromatic nitrogens is 1. The van der Waals surface area contributed by atoms with Gasteiger partial charge in [-0.3, -0.25) is 10.1 Å². The van der Waals surface area contributed by atoms with E-state index in [9.17, 15) is 14.4 Å². The highest BCUT2D eigenvalue weighted by Gasteiger charge is 2.48. The van der Waals surface area contributed by atoms with Crippen LogP contribution < -0.4 is 10.1 Å². The lowest BCUT2D eigenvalue weighted by molar-refractivity contribution is -0.743. The molecule has 0 fully saturated rings. The van der Waals surface area contributed by atoms with Crippen LogP contribution in [0.5, 0.6) is 11.6 Å². The highest BCUT2D eigenvalue weighted by atomic mass is 35.5. The summed E-state index contributed by atoms with van der Waals surface area (Å²) in [5.74, 6) is 0.274. The molecule has 8 nitrogen and oxygen atoms in total. The Balaban J connectivity index is 1.78. The SMILES string of the molecule is C[N+]1(CCCOC=O)C(=O)Nc2cnc(Oc3cccc(Cl)c3)c(Cc3ccc(Cl)cc3)c2C1=O. The topological polar surface area (TPSA) is 94.6 Å². The molecule has 3 aromatic rings. The number of nitrogens with one attached hydrogen (secondary N) is 1. The maximum Gasteiger partial charge on any atom is 0.428 e. The first-order chi connectivity index (χ1) is 16.8. The molecule has 0 radical (unpaired) electrons. The van der Waals surface area contributed by atoms with E-state index in [1.807, 2.05) is 12.1 Å². The van der Waals surface area contributed by atoms with Crippen LogP contribution >= 0.6 is 23.2 Å². The molecular weight excluding hydrogens is 493 g/mol. The smallest absolute Gasteiger partial charge is 0.428 e. The van der Waals surface area contributed by atoms with E-state index in [1.54, 1.807) is 36.4 Å². The van der Waals surface area contributed by atoms with Crippen LogP contribution in [0.2, 0.25) is 10.0 Å². The fraction of sp³-hybridized carbons (Fsp3) is 0.200. The second-order valence-electron chi connectivity index (χ2n) is 8.16. The monoisotopic (exact) mass is 514 g/mol. The molecule has 180 valence electrons. The molecule has 0 spiro atoms. The molecule has 2 aromatic carbocycles. The summed E-state index contributed by atoms with van der Waals surface area (Å²) in [4.78, 5) is 41.6. The third-order valence-electron chi connectivity index (χ3n) is 5.73. The lowest BCUT2D eigenvalue weighted by Gasteiger charge is -2.34. The number of urea groups is 1. The van der Waals surface area contributed by atoms with Crippen LogP contribution in [0.1, 0.15) is 27.9 Å². The van der Waals surface area contributed by atoms with Crippen molar-refractivity contribution in [1.82, 2.24) is 4.98 Å². The van der Waals surface area contributed by atoms with Crippen LogP contribution in [0, 0.1) is 0 Å². The standard InChI is InChI=1S/C25H21Cl2N3O5/c1-30(10-3-11-34-15-31)24(32)22-20(12-16-6-8-17(26)9-7-16)23(28-14-21(22)29-25(30)33)35-19-5-2-4-18(27)13-19/h2,4-9,13-15H,3,10-12H2,1H3/p+1. The van der Waals surface area contributed by atoms with Gasteiger partial charge in [-0.05, 0) is 35.9 Å². The Bertz CT molecular complexity index is 1280. The van der Waals surface area contributed by atoms with E-state index in [2.05, 4.69) is 10.3 Å². The summed E-state index contributed by atoms with van der Waals surface area (Å²) in [6, 6.07) is 13.6. The zero-order chi connectivity index (χ0) is 25.0. The van der Waals surface area contributed by atoms with Crippen molar-refractivity contribution in [2.45, 2.75) is 12.8 Å². The molecular formula is C25H22Cl2N3O5+. The van der Waals surface area contributed by atoms with Gasteiger partial charge in [-0.25, -0.2) is 14.6 Å². The number of imide groups is 1. The van der Waals surface area contributed by atoms with E-state index in [4.69, 9.17) is 32.7 Å². The third-order valence-corrected chi connectivity index (χ3v) is 6.22. The molecule has 4 rings (SSSR count). The van der Waals surface area contributed by atoms with E-state index in [-0.39, 0.29) is 19.0 Å². The summed E-state index contributed by atoms with van der Waals surface area (Å²) in [7, 11) is 1.53. The van der Waals surface area contributed by atoms with Gasteiger partial charge in [-0.15, -0.1) is 0 Å². The van der Waals surface area contributed by atoms with Gasteiger partial charge < -0.3 is 9.47 Å². The normalized spacial score (nSPS) is 16.9. The summed E-state index contributed by atoms with van der Waals surface area (Å²) < 4.78 is 10.3. The van der Waals surface area contributed by atoms with Crippen molar-refractivity contribution in [1.29, 1.82) is 0 Å². The van der Waals surface area contributed by atoms with Gasteiger partial charge in [0.2, 0.25) is 5.88 Å². The number of pyridine rings is 1. The largest absolute Gasteiger partial charge is 0.468 e. The number of halogens is 2. The van der Waals surface area contributed by atoms with Gasteiger partial charge in [0.1, 0.15) is 11.3 Å². The van der Waals surface area contributed by atoms with Crippen molar-refractivity contribution < 1.29 is 28.3 Å². The number of hydrogen-bond donors (Lipinski definition) is 1. The molecule has 1 aliphatic rings. The summed E-state index contributed by atoms with van der Waals surface area (Å²) >= 11 is 12.2. The molecule has 1 aliphatic heterocycles. The van der Waals surface area contributed by atoms with Gasteiger partial charge in [0.15, 0.2) is 0 Å². The predicted molar refractivity (Wildman–Crippen MR) is 131 cm³/mol. The highest BCUT2D eigenvalue weighted by molar-refractivity contribution is 6.30. The number of anilines is 1. The van der Waals surface area contributed by atoms with E-state index >= 15 is 0 Å². The first kappa shape index (κ1) is 24.7. The number of hydrogen-bond acceptors (Lipinski definition) is 6. The van der Waals surface area contributed by atoms with Gasteiger partial charge in [0.25, 0.3) is 6.47 Å². The Morgan fingerprint density at radius 2 is 1.86 bits per heavy atom. The molecule has 1 atom stereocenters. The van der Waals surface area contributed by atoms with E-state index < -0.39 is 16.4 Å². The lowest BCUT2D eigenvalue weighted by atomic mass is 9.97. The second-order valence-corrected chi connectivity index (χ2v) is 9.04. The van der Waals surface area contributed by atoms with Gasteiger partial charge in [0.05, 0.1) is 32.1 Å². The van der Waals surface area contributed by atoms with E-state index in [0.717, 1.165) is 5.56 Å². The van der Waals surface area contributed by atoms with Crippen molar-refractivity contribution in [2.75, 3.05) is 25.5 Å². The lowest BCUT2D eigenvalue weighted by Crippen LogP contribution is -2.59. The molecule has 1 N–H and O–H groups in total. The fourth-order valence-electron chi connectivity index (χ4n) is 3.87. The zero-order valence-electron chi connectivity index (χ0n) is 18.8. The van der Waals surface area contributed by atoms with Crippen molar-refractivity contribution in [2.24, 2.45) is 0 Å². The molecule has 1 aromatic heterocycles. The summed E-state index contributed by atoms with van der Waals surface area (Å²) in [6.45, 7) is 0.579. The average molecular weight is 515 g/mol. The van der Waals surface area contributed by atoms with E-state index in [0.29, 0.717) is 51.9 Å². The molecule has 0 saturated carbocycles. The number of carbonyl (C=O) groups is 3. The van der Waals surface area contributed by atoms with Gasteiger partial charge in [0, 0.05) is 28.5 Å². The first-order valence-corrected chi connectivity index (χ1v) is 11.5. The third kappa shape index (κ3) is 5.30. The summed E-state index contributed by atoms with van der Waals surface area (Å²) in [6.07, 6.45) is 2.04. The number of nitrogens with zero attached hydrogens (tertiary/aromatic N) is 2. The van der Waals surface area contributed by atoms with Gasteiger partial charge >= 0.3 is 11.9 Å². The van der Waals surface area contributed by atoms with Crippen LogP contribution in [-0.2, 0) is 16.0 Å². The molecule has 3 amide bonds. The Morgan fingerprint density at radius 3 is 2.57 bits per heavy atom. The number of benzene rings is 2. The van der Waals surface area contributed by atoms with Crippen LogP contribution in [0.4, 0.5) is 10.5 Å². The maximum atomic E-state index is 13.8. The molecule has 35 heavy (non-hydrogen) atoms. The number of amides is 3. The first-order valence-electron chi connectivity index (χ1n) is 10.8. The van der Waals surface area contributed by atoms with E-state index in [1.165, 1.54) is 13.2 Å². The molecule has 1 unspecified atom stereocenters. The predicted octanol–water partition coefficient (Wildman–Crippen LogP) is 5.47. The van der Waals surface area contributed by atoms with Gasteiger partial charge in [-0.1, -0.05) is 41.4 Å². The number of carbonyl (C=O) groups excluding carboxylic acids is 3. The molecule has 0 saturated heterocycles. The van der Waals surface area contributed by atoms with Crippen LogP contribution in [0.15, 0.2) is 54.7 Å². The number of quaternary nitrogens is 1. The molecule has 0 bridgehead atoms. The summed E-state index contributed by atoms with van der Waals surface area (Å²) in [5.41, 5.74) is 2.01. The molecule has 10 heteroatoms. The van der Waals surface area contributed by atoms with Crippen LogP contribution in [-0.4, -0.2) is 48.1 Å². The Morgan fingerprint density at radius 1 is 1.09 bits per heavy atom. The molecule has 2 heterocycles. The van der Waals surface area contributed by atoms with Crippen molar-refractivity contribution in [3.8, 4) is 11.6 Å². The number of rotatable bonds is 9. The average Bonchev–Trinajstić information content (AvgIpc) is 2.83. The Hall–Kier alpha value is -3.46. The summed E-state index contributed by atoms with van der Waals surface area (Å²) in [5, 5.41) is 3.88. The molecule has 0 aliphatic carbocycles. The van der Waals surface area contributed by atoms with Gasteiger partial charge in [-0.2, -0.15) is 4.48 Å². The van der Waals surface area contributed by atoms with Crippen molar-refractivity contribution in [3.63, 3.8) is 0 Å². The number of fused-ring (bicyclic) bond motifs is 1. The fourth-order valence-corrected chi connectivity index (χ4v) is 4.17. The minimum absolute atomic E-state index is 0.0991. The maximum absolute atomic E-state index is 13.8. The highest BCUT2D eigenvalue weighted by Crippen LogP contribution is 2.37. The quantitative estimate of drug-likeness (QED) is 0.231. The van der Waals surface area contributed by atoms with Crippen LogP contribution in [0.25, 0.3) is 0 Å². The van der Waals surface area contributed by atoms with Crippen molar-refractivity contribution >= 4 is 47.3 Å². The second kappa shape index (κ2) is 10.4. The van der Waals surface area contributed by atoms with Crippen molar-refractivity contribution in [3.05, 3.63) is 81.5 Å². The minimum Gasteiger partial charge on any atom is -0.468 e. The Labute approximate surface area is 212 Å². The number of ether oxygens (including phenoxy) is 2. The Kier molecular flexibility index (Phi) is 7.35.